The van der Waals surface area contributed by atoms with Crippen LogP contribution in [0.4, 0.5) is 0 Å². The molecule has 1 unspecified atom stereocenters. The van der Waals surface area contributed by atoms with Gasteiger partial charge in [-0.15, -0.1) is 11.3 Å². The van der Waals surface area contributed by atoms with E-state index in [1.807, 2.05) is 0 Å². The number of nitrogens with one attached hydrogen (secondary N) is 1. The molecule has 0 saturated carbocycles. The second-order valence-corrected chi connectivity index (χ2v) is 5.33. The third-order valence-electron chi connectivity index (χ3n) is 3.18. The normalized spacial score (nSPS) is 19.9. The molecular formula is C14H16N2OS. The molecule has 94 valence electrons. The first-order chi connectivity index (χ1) is 8.84. The Bertz CT molecular complexity index is 532. The van der Waals surface area contributed by atoms with Crippen LogP contribution in [0.25, 0.3) is 10.6 Å². The fourth-order valence-electron chi connectivity index (χ4n) is 2.14. The van der Waals surface area contributed by atoms with Crippen molar-refractivity contribution >= 4 is 11.3 Å². The van der Waals surface area contributed by atoms with E-state index in [-0.39, 0.29) is 6.04 Å². The van der Waals surface area contributed by atoms with Crippen molar-refractivity contribution in [2.24, 2.45) is 0 Å². The summed E-state index contributed by atoms with van der Waals surface area (Å²) in [7, 11) is 0. The van der Waals surface area contributed by atoms with Gasteiger partial charge in [-0.25, -0.2) is 4.98 Å². The van der Waals surface area contributed by atoms with Gasteiger partial charge in [-0.1, -0.05) is 24.3 Å². The number of aromatic nitrogens is 1. The molecule has 1 aliphatic heterocycles. The highest BCUT2D eigenvalue weighted by Crippen LogP contribution is 2.28. The van der Waals surface area contributed by atoms with Crippen molar-refractivity contribution in [3.63, 3.8) is 0 Å². The van der Waals surface area contributed by atoms with E-state index < -0.39 is 0 Å². The molecule has 0 radical (unpaired) electrons. The summed E-state index contributed by atoms with van der Waals surface area (Å²) in [6.45, 7) is 4.54. The first-order valence-electron chi connectivity index (χ1n) is 6.17. The molecule has 3 rings (SSSR count). The quantitative estimate of drug-likeness (QED) is 0.901. The highest BCUT2D eigenvalue weighted by molar-refractivity contribution is 7.13. The molecule has 1 aromatic heterocycles. The van der Waals surface area contributed by atoms with Gasteiger partial charge in [-0.3, -0.25) is 0 Å². The minimum atomic E-state index is 0.243. The van der Waals surface area contributed by atoms with Crippen LogP contribution in [0.15, 0.2) is 29.6 Å². The predicted molar refractivity (Wildman–Crippen MR) is 73.8 cm³/mol. The SMILES string of the molecule is Cc1ccccc1-c1nc(C2COCCN2)cs1. The van der Waals surface area contributed by atoms with Crippen molar-refractivity contribution in [3.05, 3.63) is 40.9 Å². The van der Waals surface area contributed by atoms with Crippen LogP contribution in [0, 0.1) is 6.92 Å². The first kappa shape index (κ1) is 11.8. The van der Waals surface area contributed by atoms with Crippen molar-refractivity contribution in [1.82, 2.24) is 10.3 Å². The fraction of sp³-hybridized carbons (Fsp3) is 0.357. The molecule has 1 atom stereocenters. The molecule has 1 fully saturated rings. The Hall–Kier alpha value is -1.23. The van der Waals surface area contributed by atoms with Crippen molar-refractivity contribution in [3.8, 4) is 10.6 Å². The Morgan fingerprint density at radius 3 is 3.06 bits per heavy atom. The molecule has 0 bridgehead atoms. The average Bonchev–Trinajstić information content (AvgIpc) is 2.90. The van der Waals surface area contributed by atoms with Crippen LogP contribution in [-0.4, -0.2) is 24.7 Å². The molecule has 0 spiro atoms. The number of benzene rings is 1. The lowest BCUT2D eigenvalue weighted by molar-refractivity contribution is 0.0758. The van der Waals surface area contributed by atoms with E-state index in [9.17, 15) is 0 Å². The van der Waals surface area contributed by atoms with Crippen molar-refractivity contribution < 1.29 is 4.74 Å². The third kappa shape index (κ3) is 2.32. The number of nitrogens with zero attached hydrogens (tertiary/aromatic N) is 1. The maximum absolute atomic E-state index is 5.48. The Labute approximate surface area is 111 Å². The zero-order valence-corrected chi connectivity index (χ0v) is 11.2. The minimum absolute atomic E-state index is 0.243. The summed E-state index contributed by atoms with van der Waals surface area (Å²) in [6, 6.07) is 8.61. The molecule has 1 aromatic carbocycles. The molecule has 1 aliphatic rings. The number of aryl methyl sites for hydroxylation is 1. The van der Waals surface area contributed by atoms with Gasteiger partial charge >= 0.3 is 0 Å². The topological polar surface area (TPSA) is 34.1 Å². The molecule has 1 saturated heterocycles. The summed E-state index contributed by atoms with van der Waals surface area (Å²) >= 11 is 1.70. The van der Waals surface area contributed by atoms with E-state index in [2.05, 4.69) is 41.9 Å². The lowest BCUT2D eigenvalue weighted by Gasteiger charge is -2.22. The largest absolute Gasteiger partial charge is 0.378 e. The van der Waals surface area contributed by atoms with Gasteiger partial charge in [0.1, 0.15) is 5.01 Å². The van der Waals surface area contributed by atoms with Crippen LogP contribution in [0.2, 0.25) is 0 Å². The Morgan fingerprint density at radius 1 is 1.39 bits per heavy atom. The van der Waals surface area contributed by atoms with E-state index in [1.54, 1.807) is 11.3 Å². The second-order valence-electron chi connectivity index (χ2n) is 4.47. The lowest BCUT2D eigenvalue weighted by Crippen LogP contribution is -2.34. The number of hydrogen-bond donors (Lipinski definition) is 1. The fourth-order valence-corrected chi connectivity index (χ4v) is 3.10. The van der Waals surface area contributed by atoms with Gasteiger partial charge in [-0.05, 0) is 12.5 Å². The summed E-state index contributed by atoms with van der Waals surface area (Å²) in [6.07, 6.45) is 0. The van der Waals surface area contributed by atoms with Crippen molar-refractivity contribution in [2.75, 3.05) is 19.8 Å². The highest BCUT2D eigenvalue weighted by Gasteiger charge is 2.18. The number of ether oxygens (including phenoxy) is 1. The first-order valence-corrected chi connectivity index (χ1v) is 7.05. The molecule has 2 heterocycles. The summed E-state index contributed by atoms with van der Waals surface area (Å²) in [4.78, 5) is 4.74. The van der Waals surface area contributed by atoms with Crippen LogP contribution in [-0.2, 0) is 4.74 Å². The molecule has 18 heavy (non-hydrogen) atoms. The monoisotopic (exact) mass is 260 g/mol. The van der Waals surface area contributed by atoms with Gasteiger partial charge in [0.05, 0.1) is 24.9 Å². The summed E-state index contributed by atoms with van der Waals surface area (Å²) < 4.78 is 5.48. The number of hydrogen-bond acceptors (Lipinski definition) is 4. The van der Waals surface area contributed by atoms with Crippen LogP contribution in [0.5, 0.6) is 0 Å². The molecular weight excluding hydrogens is 244 g/mol. The zero-order chi connectivity index (χ0) is 12.4. The molecule has 4 heteroatoms. The van der Waals surface area contributed by atoms with Crippen LogP contribution >= 0.6 is 11.3 Å². The molecule has 0 amide bonds. The van der Waals surface area contributed by atoms with Crippen LogP contribution in [0.3, 0.4) is 0 Å². The molecule has 0 aliphatic carbocycles. The van der Waals surface area contributed by atoms with Crippen LogP contribution in [0.1, 0.15) is 17.3 Å². The smallest absolute Gasteiger partial charge is 0.123 e. The van der Waals surface area contributed by atoms with E-state index in [4.69, 9.17) is 9.72 Å². The van der Waals surface area contributed by atoms with E-state index in [0.29, 0.717) is 0 Å². The minimum Gasteiger partial charge on any atom is -0.378 e. The average molecular weight is 260 g/mol. The zero-order valence-electron chi connectivity index (χ0n) is 10.3. The third-order valence-corrected chi connectivity index (χ3v) is 4.07. The predicted octanol–water partition coefficient (Wildman–Crippen LogP) is 2.78. The summed E-state index contributed by atoms with van der Waals surface area (Å²) in [5.41, 5.74) is 3.59. The Morgan fingerprint density at radius 2 is 2.28 bits per heavy atom. The van der Waals surface area contributed by atoms with Gasteiger partial charge in [0.2, 0.25) is 0 Å². The summed E-state index contributed by atoms with van der Waals surface area (Å²) in [5.74, 6) is 0. The van der Waals surface area contributed by atoms with Gasteiger partial charge in [0, 0.05) is 17.5 Å². The second kappa shape index (κ2) is 5.18. The lowest BCUT2D eigenvalue weighted by atomic mass is 10.1. The van der Waals surface area contributed by atoms with Crippen LogP contribution < -0.4 is 5.32 Å². The van der Waals surface area contributed by atoms with E-state index in [1.165, 1.54) is 11.1 Å². The van der Waals surface area contributed by atoms with Gasteiger partial charge in [0.15, 0.2) is 0 Å². The number of thiazole rings is 1. The molecule has 2 aromatic rings. The van der Waals surface area contributed by atoms with Crippen molar-refractivity contribution in [1.29, 1.82) is 0 Å². The number of morpholine rings is 1. The van der Waals surface area contributed by atoms with Gasteiger partial charge in [0.25, 0.3) is 0 Å². The maximum atomic E-state index is 5.48. The van der Waals surface area contributed by atoms with Gasteiger partial charge in [-0.2, -0.15) is 0 Å². The molecule has 3 nitrogen and oxygen atoms in total. The van der Waals surface area contributed by atoms with Crippen molar-refractivity contribution in [2.45, 2.75) is 13.0 Å². The highest BCUT2D eigenvalue weighted by atomic mass is 32.1. The molecule has 1 N–H and O–H groups in total. The Balaban J connectivity index is 1.87. The van der Waals surface area contributed by atoms with Gasteiger partial charge < -0.3 is 10.1 Å². The number of rotatable bonds is 2. The summed E-state index contributed by atoms with van der Waals surface area (Å²) in [5, 5.41) is 6.66. The standard InChI is InChI=1S/C14H16N2OS/c1-10-4-2-3-5-11(10)14-16-13(9-18-14)12-8-17-7-6-15-12/h2-5,9,12,15H,6-8H2,1H3. The van der Waals surface area contributed by atoms with E-state index >= 15 is 0 Å². The van der Waals surface area contributed by atoms with E-state index in [0.717, 1.165) is 30.5 Å². The maximum Gasteiger partial charge on any atom is 0.123 e. The Kier molecular flexibility index (Phi) is 3.41.